The zero-order valence-corrected chi connectivity index (χ0v) is 13.7. The third-order valence-corrected chi connectivity index (χ3v) is 7.37. The molecule has 4 nitrogen and oxygen atoms in total. The number of alkyl halides is 1. The van der Waals surface area contributed by atoms with Crippen LogP contribution in [0, 0.1) is 5.92 Å². The number of hydrogen-bond acceptors (Lipinski definition) is 2. The average molecular weight is 484 g/mol. The maximum absolute atomic E-state index is 11.2. The Bertz CT molecular complexity index is 428. The predicted molar refractivity (Wildman–Crippen MR) is 72.3 cm³/mol. The van der Waals surface area contributed by atoms with Gasteiger partial charge in [0.15, 0.2) is 4.32 Å². The summed E-state index contributed by atoms with van der Waals surface area (Å²) >= 11 is 12.4. The average Bonchev–Trinajstić information content (AvgIpc) is 2.19. The van der Waals surface area contributed by atoms with Crippen LogP contribution in [-0.4, -0.2) is 26.5 Å². The lowest BCUT2D eigenvalue weighted by Gasteiger charge is -2.31. The minimum absolute atomic E-state index is 0.217. The summed E-state index contributed by atoms with van der Waals surface area (Å²) in [7, 11) is 0. The van der Waals surface area contributed by atoms with Crippen molar-refractivity contribution < 1.29 is 19.8 Å². The molecule has 16 heavy (non-hydrogen) atoms. The van der Waals surface area contributed by atoms with Crippen LogP contribution in [0.2, 0.25) is 0 Å². The fourth-order valence-corrected chi connectivity index (χ4v) is 3.80. The molecule has 0 aliphatic heterocycles. The molecule has 0 aromatic heterocycles. The molecule has 2 unspecified atom stereocenters. The Labute approximate surface area is 124 Å². The largest absolute Gasteiger partial charge is 0.481 e. The molecule has 8 heteroatoms. The van der Waals surface area contributed by atoms with E-state index in [4.69, 9.17) is 10.2 Å². The van der Waals surface area contributed by atoms with Crippen molar-refractivity contribution in [3.8, 4) is 0 Å². The van der Waals surface area contributed by atoms with E-state index in [1.54, 1.807) is 0 Å². The fourth-order valence-electron chi connectivity index (χ4n) is 1.20. The van der Waals surface area contributed by atoms with Gasteiger partial charge in [-0.15, -0.1) is 0 Å². The second kappa shape index (κ2) is 4.91. The second-order valence-corrected chi connectivity index (χ2v) is 6.67. The first kappa shape index (κ1) is 14.4. The molecule has 1 aliphatic rings. The fraction of sp³-hybridized carbons (Fsp3) is 0.250. The minimum Gasteiger partial charge on any atom is -0.481 e. The van der Waals surface area contributed by atoms with E-state index in [0.29, 0.717) is 8.96 Å². The van der Waals surface area contributed by atoms with Crippen molar-refractivity contribution in [2.45, 2.75) is 4.32 Å². The molecule has 0 saturated heterocycles. The Balaban J connectivity index is 3.44. The third kappa shape index (κ3) is 2.16. The molecule has 88 valence electrons. The van der Waals surface area contributed by atoms with E-state index in [1.165, 1.54) is 6.08 Å². The number of hydrogen-bond donors (Lipinski definition) is 2. The van der Waals surface area contributed by atoms with Gasteiger partial charge in [0.1, 0.15) is 5.92 Å². The molecule has 2 N–H and O–H groups in total. The Morgan fingerprint density at radius 2 is 1.75 bits per heavy atom. The summed E-state index contributed by atoms with van der Waals surface area (Å²) < 4.78 is -0.531. The molecule has 1 rings (SSSR count). The lowest BCUT2D eigenvalue weighted by atomic mass is 9.88. The first-order valence-corrected chi connectivity index (χ1v) is 6.98. The quantitative estimate of drug-likeness (QED) is 0.592. The van der Waals surface area contributed by atoms with Crippen LogP contribution in [0.15, 0.2) is 19.5 Å². The molecular formula is C8H4Br4O4. The number of rotatable bonds is 2. The maximum atomic E-state index is 11.2. The lowest BCUT2D eigenvalue weighted by molar-refractivity contribution is -0.148. The summed E-state index contributed by atoms with van der Waals surface area (Å²) in [6.07, 6.45) is 1.32. The third-order valence-electron chi connectivity index (χ3n) is 2.04. The van der Waals surface area contributed by atoms with Gasteiger partial charge in [-0.2, -0.15) is 0 Å². The number of aliphatic carboxylic acids is 2. The van der Waals surface area contributed by atoms with Crippen LogP contribution < -0.4 is 0 Å². The Hall–Kier alpha value is 0.340. The van der Waals surface area contributed by atoms with E-state index in [0.717, 1.165) is 0 Å². The van der Waals surface area contributed by atoms with Crippen molar-refractivity contribution in [3.63, 3.8) is 0 Å². The summed E-state index contributed by atoms with van der Waals surface area (Å²) in [6, 6.07) is 0. The van der Waals surface area contributed by atoms with Crippen LogP contribution in [-0.2, 0) is 9.59 Å². The van der Waals surface area contributed by atoms with Gasteiger partial charge in [-0.25, -0.2) is 0 Å². The van der Waals surface area contributed by atoms with Crippen molar-refractivity contribution in [3.05, 3.63) is 19.5 Å². The molecule has 0 spiro atoms. The molecule has 0 fully saturated rings. The smallest absolute Gasteiger partial charge is 0.326 e. The highest BCUT2D eigenvalue weighted by Gasteiger charge is 2.52. The minimum atomic E-state index is -1.70. The number of allylic oxidation sites excluding steroid dienone is 2. The number of carbonyl (C=O) groups is 2. The van der Waals surface area contributed by atoms with Gasteiger partial charge >= 0.3 is 11.9 Å². The number of halogens is 4. The molecule has 2 atom stereocenters. The van der Waals surface area contributed by atoms with Crippen molar-refractivity contribution in [1.82, 2.24) is 0 Å². The Kier molecular flexibility index (Phi) is 4.42. The summed E-state index contributed by atoms with van der Waals surface area (Å²) in [6.45, 7) is 0. The van der Waals surface area contributed by atoms with Gasteiger partial charge in [-0.1, -0.05) is 37.9 Å². The van der Waals surface area contributed by atoms with Crippen LogP contribution in [0.3, 0.4) is 0 Å². The monoisotopic (exact) mass is 480 g/mol. The van der Waals surface area contributed by atoms with Crippen LogP contribution >= 0.6 is 63.7 Å². The highest BCUT2D eigenvalue weighted by atomic mass is 79.9. The summed E-state index contributed by atoms with van der Waals surface area (Å²) in [5, 5.41) is 18.2. The zero-order chi connectivity index (χ0) is 12.7. The molecule has 0 bridgehead atoms. The van der Waals surface area contributed by atoms with Crippen LogP contribution in [0.1, 0.15) is 0 Å². The van der Waals surface area contributed by atoms with E-state index >= 15 is 0 Å². The SMILES string of the molecule is O=C(O)C1C=C(Br)C(Br)=C(Br)C1(Br)C(=O)O. The van der Waals surface area contributed by atoms with E-state index in [9.17, 15) is 9.59 Å². The number of carboxylic acids is 2. The van der Waals surface area contributed by atoms with Gasteiger partial charge < -0.3 is 10.2 Å². The second-order valence-electron chi connectivity index (χ2n) is 2.98. The van der Waals surface area contributed by atoms with Crippen molar-refractivity contribution in [1.29, 1.82) is 0 Å². The van der Waals surface area contributed by atoms with Crippen molar-refractivity contribution >= 4 is 75.7 Å². The van der Waals surface area contributed by atoms with Crippen LogP contribution in [0.5, 0.6) is 0 Å². The van der Waals surface area contributed by atoms with Crippen molar-refractivity contribution in [2.75, 3.05) is 0 Å². The first-order chi connectivity index (χ1) is 7.22. The van der Waals surface area contributed by atoms with Crippen molar-refractivity contribution in [2.24, 2.45) is 5.92 Å². The predicted octanol–water partition coefficient (Wildman–Crippen LogP) is 3.20. The summed E-state index contributed by atoms with van der Waals surface area (Å²) in [4.78, 5) is 22.3. The molecule has 0 aromatic rings. The highest BCUT2D eigenvalue weighted by molar-refractivity contribution is 9.17. The van der Waals surface area contributed by atoms with Gasteiger partial charge in [-0.05, 0) is 31.9 Å². The standard InChI is InChI=1S/C8H4Br4O4/c9-3-1-2(6(13)14)8(12,7(15)16)5(11)4(3)10/h1-2H,(H,13,14)(H,15,16). The molecule has 1 aliphatic carbocycles. The van der Waals surface area contributed by atoms with Gasteiger partial charge in [-0.3, -0.25) is 9.59 Å². The zero-order valence-electron chi connectivity index (χ0n) is 7.38. The maximum Gasteiger partial charge on any atom is 0.326 e. The lowest BCUT2D eigenvalue weighted by Crippen LogP contribution is -2.45. The highest BCUT2D eigenvalue weighted by Crippen LogP contribution is 2.49. The molecular weight excluding hydrogens is 480 g/mol. The van der Waals surface area contributed by atoms with Crippen LogP contribution in [0.25, 0.3) is 0 Å². The first-order valence-electron chi connectivity index (χ1n) is 3.81. The van der Waals surface area contributed by atoms with E-state index < -0.39 is 22.2 Å². The summed E-state index contributed by atoms with van der Waals surface area (Å²) in [5.41, 5.74) is 0. The Morgan fingerprint density at radius 3 is 2.12 bits per heavy atom. The van der Waals surface area contributed by atoms with Crippen LogP contribution in [0.4, 0.5) is 0 Å². The topological polar surface area (TPSA) is 74.6 Å². The molecule has 0 radical (unpaired) electrons. The van der Waals surface area contributed by atoms with Gasteiger partial charge in [0.05, 0.1) is 0 Å². The molecule has 0 amide bonds. The summed E-state index contributed by atoms with van der Waals surface area (Å²) in [5.74, 6) is -3.72. The van der Waals surface area contributed by atoms with E-state index in [2.05, 4.69) is 63.7 Å². The number of carboxylic acid groups (broad SMARTS) is 2. The van der Waals surface area contributed by atoms with Gasteiger partial charge in [0.2, 0.25) is 0 Å². The van der Waals surface area contributed by atoms with E-state index in [1.807, 2.05) is 0 Å². The molecule has 0 saturated carbocycles. The normalized spacial score (nSPS) is 30.0. The molecule has 0 aromatic carbocycles. The Morgan fingerprint density at radius 1 is 1.25 bits per heavy atom. The van der Waals surface area contributed by atoms with Gasteiger partial charge in [0, 0.05) is 13.4 Å². The van der Waals surface area contributed by atoms with E-state index in [-0.39, 0.29) is 4.48 Å². The molecule has 0 heterocycles. The van der Waals surface area contributed by atoms with Gasteiger partial charge in [0.25, 0.3) is 0 Å².